The summed E-state index contributed by atoms with van der Waals surface area (Å²) in [4.78, 5) is 0. The summed E-state index contributed by atoms with van der Waals surface area (Å²) in [6.07, 6.45) is 4.67. The zero-order valence-corrected chi connectivity index (χ0v) is 10.6. The Kier molecular flexibility index (Phi) is 3.84. The predicted octanol–water partition coefficient (Wildman–Crippen LogP) is -0.0854. The monoisotopic (exact) mass is 247 g/mol. The van der Waals surface area contributed by atoms with Gasteiger partial charge in [-0.2, -0.15) is 12.7 Å². The normalized spacial score (nSPS) is 28.2. The fraction of sp³-hybridized carbons (Fsp3) is 1.00. The smallest absolute Gasteiger partial charge is 0.279 e. The van der Waals surface area contributed by atoms with Crippen molar-refractivity contribution in [3.63, 3.8) is 0 Å². The third-order valence-electron chi connectivity index (χ3n) is 3.35. The topological polar surface area (TPSA) is 61.4 Å². The third-order valence-corrected chi connectivity index (χ3v) is 4.88. The molecule has 0 bridgehead atoms. The van der Waals surface area contributed by atoms with E-state index in [1.54, 1.807) is 4.31 Å². The van der Waals surface area contributed by atoms with E-state index < -0.39 is 10.2 Å². The molecular formula is C10H21N3O2S. The minimum absolute atomic E-state index is 0.470. The number of piperidine rings is 1. The highest BCUT2D eigenvalue weighted by molar-refractivity contribution is 7.87. The molecule has 2 N–H and O–H groups in total. The maximum atomic E-state index is 11.6. The lowest BCUT2D eigenvalue weighted by Gasteiger charge is -2.31. The summed E-state index contributed by atoms with van der Waals surface area (Å²) in [5.41, 5.74) is 0. The zero-order chi connectivity index (χ0) is 11.6. The number of hydrogen-bond donors (Lipinski definition) is 2. The summed E-state index contributed by atoms with van der Waals surface area (Å²) in [5.74, 6) is 0.470. The summed E-state index contributed by atoms with van der Waals surface area (Å²) in [6, 6.07) is 0.705. The molecule has 1 unspecified atom stereocenters. The molecule has 1 aliphatic carbocycles. The number of rotatable bonds is 5. The standard InChI is InChI=1S/C10H21N3O2S/c1-11-16(14,15)13-6-2-3-9(8-13)7-12-10-4-5-10/h9-12H,2-8H2,1H3. The van der Waals surface area contributed by atoms with Crippen molar-refractivity contribution in [2.45, 2.75) is 31.7 Å². The molecule has 2 aliphatic rings. The van der Waals surface area contributed by atoms with E-state index in [-0.39, 0.29) is 0 Å². The molecule has 94 valence electrons. The van der Waals surface area contributed by atoms with Crippen molar-refractivity contribution in [2.24, 2.45) is 5.92 Å². The van der Waals surface area contributed by atoms with E-state index in [1.165, 1.54) is 19.9 Å². The van der Waals surface area contributed by atoms with Gasteiger partial charge < -0.3 is 5.32 Å². The Balaban J connectivity index is 1.83. The molecule has 1 saturated heterocycles. The van der Waals surface area contributed by atoms with Crippen LogP contribution in [0.15, 0.2) is 0 Å². The molecule has 2 rings (SSSR count). The highest BCUT2D eigenvalue weighted by Crippen LogP contribution is 2.22. The minimum atomic E-state index is -3.22. The largest absolute Gasteiger partial charge is 0.314 e. The molecule has 0 radical (unpaired) electrons. The molecule has 16 heavy (non-hydrogen) atoms. The second-order valence-corrected chi connectivity index (χ2v) is 6.63. The second-order valence-electron chi connectivity index (χ2n) is 4.76. The van der Waals surface area contributed by atoms with Crippen LogP contribution in [0.4, 0.5) is 0 Å². The Hall–Kier alpha value is -0.170. The molecule has 0 amide bonds. The van der Waals surface area contributed by atoms with Crippen molar-refractivity contribution in [3.8, 4) is 0 Å². The van der Waals surface area contributed by atoms with Crippen molar-refractivity contribution < 1.29 is 8.42 Å². The number of nitrogens with one attached hydrogen (secondary N) is 2. The van der Waals surface area contributed by atoms with Crippen molar-refractivity contribution in [1.29, 1.82) is 0 Å². The van der Waals surface area contributed by atoms with Crippen LogP contribution in [-0.4, -0.2) is 45.4 Å². The van der Waals surface area contributed by atoms with E-state index in [0.29, 0.717) is 25.0 Å². The highest BCUT2D eigenvalue weighted by atomic mass is 32.2. The van der Waals surface area contributed by atoms with Gasteiger partial charge in [0.1, 0.15) is 0 Å². The molecular weight excluding hydrogens is 226 g/mol. The molecule has 1 aliphatic heterocycles. The quantitative estimate of drug-likeness (QED) is 0.714. The first-order valence-corrected chi connectivity index (χ1v) is 7.48. The first-order chi connectivity index (χ1) is 7.62. The lowest BCUT2D eigenvalue weighted by molar-refractivity contribution is 0.258. The molecule has 0 spiro atoms. The van der Waals surface area contributed by atoms with Gasteiger partial charge >= 0.3 is 0 Å². The molecule has 2 fully saturated rings. The van der Waals surface area contributed by atoms with Crippen LogP contribution in [0.1, 0.15) is 25.7 Å². The number of nitrogens with zero attached hydrogens (tertiary/aromatic N) is 1. The summed E-state index contributed by atoms with van der Waals surface area (Å²) in [7, 11) is -1.75. The summed E-state index contributed by atoms with van der Waals surface area (Å²) >= 11 is 0. The Morgan fingerprint density at radius 1 is 1.31 bits per heavy atom. The SMILES string of the molecule is CNS(=O)(=O)N1CCCC(CNC2CC2)C1. The van der Waals surface area contributed by atoms with Gasteiger partial charge in [-0.3, -0.25) is 0 Å². The van der Waals surface area contributed by atoms with Crippen molar-refractivity contribution >= 4 is 10.2 Å². The van der Waals surface area contributed by atoms with Gasteiger partial charge in [-0.05, 0) is 38.1 Å². The van der Waals surface area contributed by atoms with Gasteiger partial charge in [0, 0.05) is 26.2 Å². The van der Waals surface area contributed by atoms with Crippen LogP contribution in [0.3, 0.4) is 0 Å². The maximum Gasteiger partial charge on any atom is 0.279 e. The van der Waals surface area contributed by atoms with E-state index in [4.69, 9.17) is 0 Å². The maximum absolute atomic E-state index is 11.6. The fourth-order valence-electron chi connectivity index (χ4n) is 2.16. The summed E-state index contributed by atoms with van der Waals surface area (Å²) in [5, 5.41) is 3.47. The van der Waals surface area contributed by atoms with Gasteiger partial charge in [-0.1, -0.05) is 0 Å². The van der Waals surface area contributed by atoms with E-state index >= 15 is 0 Å². The van der Waals surface area contributed by atoms with E-state index in [1.807, 2.05) is 0 Å². The van der Waals surface area contributed by atoms with Gasteiger partial charge in [-0.15, -0.1) is 0 Å². The average molecular weight is 247 g/mol. The van der Waals surface area contributed by atoms with E-state index in [0.717, 1.165) is 19.4 Å². The van der Waals surface area contributed by atoms with E-state index in [2.05, 4.69) is 10.0 Å². The van der Waals surface area contributed by atoms with Gasteiger partial charge in [0.05, 0.1) is 0 Å². The Morgan fingerprint density at radius 2 is 2.06 bits per heavy atom. The van der Waals surface area contributed by atoms with Crippen LogP contribution in [0, 0.1) is 5.92 Å². The Labute approximate surface area is 97.8 Å². The second kappa shape index (κ2) is 5.00. The Bertz CT molecular complexity index is 327. The van der Waals surface area contributed by atoms with Gasteiger partial charge in [0.25, 0.3) is 10.2 Å². The fourth-order valence-corrected chi connectivity index (χ4v) is 3.20. The molecule has 5 nitrogen and oxygen atoms in total. The number of hydrogen-bond acceptors (Lipinski definition) is 3. The summed E-state index contributed by atoms with van der Waals surface area (Å²) < 4.78 is 27.2. The molecule has 0 aromatic rings. The minimum Gasteiger partial charge on any atom is -0.314 e. The molecule has 1 atom stereocenters. The first kappa shape index (κ1) is 12.3. The van der Waals surface area contributed by atoms with Crippen LogP contribution in [0.25, 0.3) is 0 Å². The van der Waals surface area contributed by atoms with Crippen molar-refractivity contribution in [2.75, 3.05) is 26.7 Å². The molecule has 1 heterocycles. The molecule has 0 aromatic carbocycles. The lowest BCUT2D eigenvalue weighted by atomic mass is 10.00. The third kappa shape index (κ3) is 3.16. The van der Waals surface area contributed by atoms with Crippen LogP contribution >= 0.6 is 0 Å². The molecule has 1 saturated carbocycles. The first-order valence-electron chi connectivity index (χ1n) is 6.04. The van der Waals surface area contributed by atoms with Crippen LogP contribution in [-0.2, 0) is 10.2 Å². The van der Waals surface area contributed by atoms with Gasteiger partial charge in [0.2, 0.25) is 0 Å². The van der Waals surface area contributed by atoms with Crippen LogP contribution in [0.2, 0.25) is 0 Å². The zero-order valence-electron chi connectivity index (χ0n) is 9.78. The van der Waals surface area contributed by atoms with Crippen molar-refractivity contribution in [3.05, 3.63) is 0 Å². The predicted molar refractivity (Wildman–Crippen MR) is 63.3 cm³/mol. The van der Waals surface area contributed by atoms with Gasteiger partial charge in [-0.25, -0.2) is 4.72 Å². The Morgan fingerprint density at radius 3 is 2.69 bits per heavy atom. The van der Waals surface area contributed by atoms with Gasteiger partial charge in [0.15, 0.2) is 0 Å². The highest BCUT2D eigenvalue weighted by Gasteiger charge is 2.29. The lowest BCUT2D eigenvalue weighted by Crippen LogP contribution is -2.46. The summed E-state index contributed by atoms with van der Waals surface area (Å²) in [6.45, 7) is 2.27. The van der Waals surface area contributed by atoms with E-state index in [9.17, 15) is 8.42 Å². The average Bonchev–Trinajstić information content (AvgIpc) is 3.11. The van der Waals surface area contributed by atoms with Crippen molar-refractivity contribution in [1.82, 2.24) is 14.3 Å². The van der Waals surface area contributed by atoms with Crippen LogP contribution in [0.5, 0.6) is 0 Å². The van der Waals surface area contributed by atoms with Crippen LogP contribution < -0.4 is 10.0 Å². The molecule has 0 aromatic heterocycles. The molecule has 6 heteroatoms.